The van der Waals surface area contributed by atoms with Crippen LogP contribution in [0.1, 0.15) is 30.0 Å². The van der Waals surface area contributed by atoms with Gasteiger partial charge < -0.3 is 20.4 Å². The summed E-state index contributed by atoms with van der Waals surface area (Å²) in [6.07, 6.45) is 5.53. The van der Waals surface area contributed by atoms with Crippen molar-refractivity contribution in [3.63, 3.8) is 0 Å². The first-order valence-corrected chi connectivity index (χ1v) is 9.96. The van der Waals surface area contributed by atoms with E-state index >= 15 is 0 Å². The van der Waals surface area contributed by atoms with Gasteiger partial charge in [0.1, 0.15) is 0 Å². The largest absolute Gasteiger partial charge is 0.354 e. The van der Waals surface area contributed by atoms with Crippen molar-refractivity contribution in [1.29, 1.82) is 0 Å². The molecule has 1 fully saturated rings. The first-order chi connectivity index (χ1) is 14.0. The number of hydrogen-bond acceptors (Lipinski definition) is 4. The van der Waals surface area contributed by atoms with Crippen LogP contribution in [-0.2, 0) is 18.4 Å². The molecule has 2 aromatic rings. The molecule has 2 N–H and O–H groups in total. The molecule has 0 saturated carbocycles. The molecule has 1 unspecified atom stereocenters. The number of anilines is 1. The normalized spacial score (nSPS) is 15.3. The van der Waals surface area contributed by atoms with Crippen LogP contribution < -0.4 is 15.5 Å². The number of rotatable bonds is 7. The third kappa shape index (κ3) is 6.18. The quantitative estimate of drug-likeness (QED) is 0.329. The highest BCUT2D eigenvalue weighted by Gasteiger charge is 2.21. The van der Waals surface area contributed by atoms with Gasteiger partial charge in [0, 0.05) is 57.6 Å². The van der Waals surface area contributed by atoms with E-state index < -0.39 is 0 Å². The fourth-order valence-electron chi connectivity index (χ4n) is 3.53. The summed E-state index contributed by atoms with van der Waals surface area (Å²) >= 11 is 0. The average Bonchev–Trinajstić information content (AvgIpc) is 3.33. The predicted molar refractivity (Wildman–Crippen MR) is 131 cm³/mol. The van der Waals surface area contributed by atoms with E-state index in [1.165, 1.54) is 0 Å². The molecule has 3 rings (SSSR count). The van der Waals surface area contributed by atoms with Gasteiger partial charge in [0.25, 0.3) is 0 Å². The third-order valence-electron chi connectivity index (χ3n) is 5.20. The maximum absolute atomic E-state index is 11.9. The van der Waals surface area contributed by atoms with Crippen molar-refractivity contribution in [2.24, 2.45) is 12.0 Å². The van der Waals surface area contributed by atoms with E-state index in [4.69, 9.17) is 0 Å². The topological polar surface area (TPSA) is 77.8 Å². The zero-order chi connectivity index (χ0) is 20.8. The Morgan fingerprint density at radius 2 is 2.00 bits per heavy atom. The van der Waals surface area contributed by atoms with Crippen molar-refractivity contribution < 1.29 is 4.79 Å². The van der Waals surface area contributed by atoms with E-state index in [-0.39, 0.29) is 35.9 Å². The number of halogens is 1. The van der Waals surface area contributed by atoms with Crippen LogP contribution in [0.15, 0.2) is 41.7 Å². The maximum atomic E-state index is 11.9. The Morgan fingerprint density at radius 1 is 1.27 bits per heavy atom. The number of aliphatic imine (C=N–C) groups is 1. The lowest BCUT2D eigenvalue weighted by Crippen LogP contribution is -2.41. The van der Waals surface area contributed by atoms with Gasteiger partial charge >= 0.3 is 0 Å². The molecule has 1 aliphatic heterocycles. The molecule has 8 nitrogen and oxygen atoms in total. The molecule has 9 heteroatoms. The molecule has 1 aromatic carbocycles. The van der Waals surface area contributed by atoms with Gasteiger partial charge in [-0.05, 0) is 38.2 Å². The fraction of sp³-hybridized carbons (Fsp3) is 0.476. The fourth-order valence-corrected chi connectivity index (χ4v) is 3.53. The van der Waals surface area contributed by atoms with Gasteiger partial charge in [-0.3, -0.25) is 14.5 Å². The Hall–Kier alpha value is -2.14. The molecule has 0 spiro atoms. The van der Waals surface area contributed by atoms with Gasteiger partial charge in [-0.1, -0.05) is 12.1 Å². The first-order valence-electron chi connectivity index (χ1n) is 9.96. The van der Waals surface area contributed by atoms with Crippen molar-refractivity contribution in [3.05, 3.63) is 47.8 Å². The first kappa shape index (κ1) is 24.1. The van der Waals surface area contributed by atoms with Crippen molar-refractivity contribution >= 4 is 41.5 Å². The van der Waals surface area contributed by atoms with Crippen LogP contribution in [0.5, 0.6) is 0 Å². The van der Waals surface area contributed by atoms with E-state index in [1.807, 2.05) is 41.2 Å². The smallest absolute Gasteiger partial charge is 0.227 e. The maximum Gasteiger partial charge on any atom is 0.227 e. The molecular weight excluding hydrogens is 493 g/mol. The number of benzene rings is 1. The number of hydrogen-bond donors (Lipinski definition) is 2. The van der Waals surface area contributed by atoms with Crippen LogP contribution in [-0.4, -0.2) is 60.8 Å². The van der Waals surface area contributed by atoms with Gasteiger partial charge in [-0.2, -0.15) is 5.10 Å². The summed E-state index contributed by atoms with van der Waals surface area (Å²) in [6, 6.07) is 8.33. The molecule has 1 amide bonds. The molecule has 0 radical (unpaired) electrons. The zero-order valence-electron chi connectivity index (χ0n) is 18.1. The van der Waals surface area contributed by atoms with Crippen molar-refractivity contribution in [2.75, 3.05) is 39.1 Å². The summed E-state index contributed by atoms with van der Waals surface area (Å²) in [7, 11) is 7.81. The van der Waals surface area contributed by atoms with E-state index in [2.05, 4.69) is 51.9 Å². The van der Waals surface area contributed by atoms with Gasteiger partial charge in [-0.15, -0.1) is 24.0 Å². The second-order valence-corrected chi connectivity index (χ2v) is 7.55. The Balaban J connectivity index is 0.00000320. The Bertz CT molecular complexity index is 847. The summed E-state index contributed by atoms with van der Waals surface area (Å²) in [5.41, 5.74) is 3.27. The van der Waals surface area contributed by atoms with Gasteiger partial charge in [0.05, 0.1) is 12.2 Å². The molecule has 30 heavy (non-hydrogen) atoms. The summed E-state index contributed by atoms with van der Waals surface area (Å²) < 4.78 is 1.82. The number of carbonyl (C=O) groups is 1. The van der Waals surface area contributed by atoms with E-state index in [9.17, 15) is 4.79 Å². The summed E-state index contributed by atoms with van der Waals surface area (Å²) in [6.45, 7) is 2.19. The number of nitrogens with zero attached hydrogens (tertiary/aromatic N) is 5. The molecule has 1 saturated heterocycles. The highest BCUT2D eigenvalue weighted by Crippen LogP contribution is 2.21. The van der Waals surface area contributed by atoms with E-state index in [0.717, 1.165) is 35.7 Å². The summed E-state index contributed by atoms with van der Waals surface area (Å²) in [4.78, 5) is 20.2. The van der Waals surface area contributed by atoms with E-state index in [0.29, 0.717) is 19.5 Å². The zero-order valence-corrected chi connectivity index (χ0v) is 20.5. The van der Waals surface area contributed by atoms with Gasteiger partial charge in [-0.25, -0.2) is 0 Å². The molecule has 164 valence electrons. The molecule has 0 aliphatic carbocycles. The van der Waals surface area contributed by atoms with Crippen molar-refractivity contribution in [3.8, 4) is 0 Å². The number of aryl methyl sites for hydroxylation is 1. The Kier molecular flexibility index (Phi) is 9.09. The Morgan fingerprint density at radius 3 is 2.53 bits per heavy atom. The number of likely N-dealkylation sites (N-methyl/N-ethyl adjacent to an activating group) is 1. The highest BCUT2D eigenvalue weighted by molar-refractivity contribution is 14.0. The molecule has 0 bridgehead atoms. The SMILES string of the molecule is CN=C(NCc1ccc(N2CCCC2=O)cc1)NCC(c1cnn(C)c1)N(C)C.I. The predicted octanol–water partition coefficient (Wildman–Crippen LogP) is 2.13. The van der Waals surface area contributed by atoms with Crippen molar-refractivity contribution in [2.45, 2.75) is 25.4 Å². The number of nitrogens with one attached hydrogen (secondary N) is 2. The monoisotopic (exact) mass is 525 g/mol. The highest BCUT2D eigenvalue weighted by atomic mass is 127. The minimum Gasteiger partial charge on any atom is -0.354 e. The molecule has 2 heterocycles. The Labute approximate surface area is 195 Å². The van der Waals surface area contributed by atoms with Crippen LogP contribution in [0, 0.1) is 0 Å². The van der Waals surface area contributed by atoms with Crippen LogP contribution in [0.3, 0.4) is 0 Å². The van der Waals surface area contributed by atoms with Crippen LogP contribution in [0.25, 0.3) is 0 Å². The van der Waals surface area contributed by atoms with Crippen LogP contribution in [0.4, 0.5) is 5.69 Å². The van der Waals surface area contributed by atoms with Gasteiger partial charge in [0.2, 0.25) is 5.91 Å². The molecular formula is C21H32IN7O. The lowest BCUT2D eigenvalue weighted by Gasteiger charge is -2.24. The number of amides is 1. The minimum atomic E-state index is 0. The molecule has 1 aliphatic rings. The minimum absolute atomic E-state index is 0. The number of guanidine groups is 1. The van der Waals surface area contributed by atoms with Gasteiger partial charge in [0.15, 0.2) is 5.96 Å². The lowest BCUT2D eigenvalue weighted by molar-refractivity contribution is -0.117. The molecule has 1 atom stereocenters. The number of aromatic nitrogens is 2. The lowest BCUT2D eigenvalue weighted by atomic mass is 10.1. The summed E-state index contributed by atoms with van der Waals surface area (Å²) in [5, 5.41) is 11.0. The van der Waals surface area contributed by atoms with Crippen molar-refractivity contribution in [1.82, 2.24) is 25.3 Å². The van der Waals surface area contributed by atoms with Crippen LogP contribution in [0.2, 0.25) is 0 Å². The second-order valence-electron chi connectivity index (χ2n) is 7.55. The summed E-state index contributed by atoms with van der Waals surface area (Å²) in [5.74, 6) is 0.962. The average molecular weight is 525 g/mol. The number of carbonyl (C=O) groups excluding carboxylic acids is 1. The van der Waals surface area contributed by atoms with E-state index in [1.54, 1.807) is 7.05 Å². The standard InChI is InChI=1S/C21H31N7O.HI/c1-22-21(24-14-19(26(2)3)17-13-25-27(4)15-17)23-12-16-7-9-18(10-8-16)28-11-5-6-20(28)29;/h7-10,13,15,19H,5-6,11-12,14H2,1-4H3,(H2,22,23,24);1H. The van der Waals surface area contributed by atoms with Crippen LogP contribution >= 0.6 is 24.0 Å². The second kappa shape index (κ2) is 11.3. The third-order valence-corrected chi connectivity index (χ3v) is 5.20. The molecule has 1 aromatic heterocycles.